The molecule has 2 unspecified atom stereocenters. The van der Waals surface area contributed by atoms with E-state index in [0.29, 0.717) is 17.6 Å². The van der Waals surface area contributed by atoms with Crippen LogP contribution in [-0.4, -0.2) is 35.6 Å². The van der Waals surface area contributed by atoms with Gasteiger partial charge in [0.05, 0.1) is 0 Å². The lowest BCUT2D eigenvalue weighted by molar-refractivity contribution is 0.0107. The van der Waals surface area contributed by atoms with Gasteiger partial charge in [0.25, 0.3) is 0 Å². The molecule has 0 aromatic carbocycles. The molecule has 1 rings (SSSR count). The highest BCUT2D eigenvalue weighted by Gasteiger charge is 2.36. The molecule has 1 heterocycles. The SMILES string of the molecule is CCC(C)(C)N1CC(C)NCC1C(C)C. The van der Waals surface area contributed by atoms with E-state index >= 15 is 0 Å². The fourth-order valence-corrected chi connectivity index (χ4v) is 2.42. The van der Waals surface area contributed by atoms with Gasteiger partial charge in [0.1, 0.15) is 0 Å². The van der Waals surface area contributed by atoms with Crippen molar-refractivity contribution >= 4 is 0 Å². The summed E-state index contributed by atoms with van der Waals surface area (Å²) in [6, 6.07) is 1.32. The monoisotopic (exact) mass is 212 g/mol. The Morgan fingerprint density at radius 2 is 2.00 bits per heavy atom. The largest absolute Gasteiger partial charge is 0.311 e. The van der Waals surface area contributed by atoms with E-state index in [2.05, 4.69) is 51.8 Å². The Morgan fingerprint density at radius 3 is 2.47 bits per heavy atom. The van der Waals surface area contributed by atoms with Gasteiger partial charge in [-0.1, -0.05) is 20.8 Å². The smallest absolute Gasteiger partial charge is 0.0249 e. The Balaban J connectivity index is 2.79. The highest BCUT2D eigenvalue weighted by Crippen LogP contribution is 2.27. The zero-order valence-corrected chi connectivity index (χ0v) is 11.3. The molecule has 1 fully saturated rings. The molecular weight excluding hydrogens is 184 g/mol. The van der Waals surface area contributed by atoms with Crippen LogP contribution in [0.5, 0.6) is 0 Å². The van der Waals surface area contributed by atoms with E-state index in [4.69, 9.17) is 0 Å². The van der Waals surface area contributed by atoms with Crippen molar-refractivity contribution in [3.63, 3.8) is 0 Å². The normalized spacial score (nSPS) is 29.8. The fraction of sp³-hybridized carbons (Fsp3) is 1.00. The minimum Gasteiger partial charge on any atom is -0.311 e. The van der Waals surface area contributed by atoms with E-state index in [1.54, 1.807) is 0 Å². The molecule has 0 aliphatic carbocycles. The van der Waals surface area contributed by atoms with E-state index in [0.717, 1.165) is 12.5 Å². The highest BCUT2D eigenvalue weighted by molar-refractivity contribution is 4.93. The number of nitrogens with zero attached hydrogens (tertiary/aromatic N) is 1. The number of hydrogen-bond acceptors (Lipinski definition) is 2. The van der Waals surface area contributed by atoms with Crippen LogP contribution in [0, 0.1) is 5.92 Å². The molecule has 0 amide bonds. The third-order valence-corrected chi connectivity index (χ3v) is 3.96. The second-order valence-electron chi connectivity index (χ2n) is 5.94. The number of rotatable bonds is 3. The van der Waals surface area contributed by atoms with Gasteiger partial charge in [0, 0.05) is 30.7 Å². The Kier molecular flexibility index (Phi) is 4.19. The maximum Gasteiger partial charge on any atom is 0.0249 e. The van der Waals surface area contributed by atoms with Crippen LogP contribution >= 0.6 is 0 Å². The Hall–Kier alpha value is -0.0800. The summed E-state index contributed by atoms with van der Waals surface area (Å²) < 4.78 is 0. The van der Waals surface area contributed by atoms with Gasteiger partial charge < -0.3 is 5.32 Å². The summed E-state index contributed by atoms with van der Waals surface area (Å²) in [5, 5.41) is 3.60. The van der Waals surface area contributed by atoms with Crippen LogP contribution in [0.3, 0.4) is 0 Å². The first kappa shape index (κ1) is 13.0. The molecule has 0 aromatic rings. The summed E-state index contributed by atoms with van der Waals surface area (Å²) in [5.74, 6) is 0.732. The Labute approximate surface area is 95.4 Å². The van der Waals surface area contributed by atoms with Gasteiger partial charge in [-0.05, 0) is 33.1 Å². The van der Waals surface area contributed by atoms with Crippen molar-refractivity contribution in [3.8, 4) is 0 Å². The third-order valence-electron chi connectivity index (χ3n) is 3.96. The minimum atomic E-state index is 0.339. The predicted molar refractivity (Wildman–Crippen MR) is 67.2 cm³/mol. The molecule has 0 bridgehead atoms. The molecule has 15 heavy (non-hydrogen) atoms. The van der Waals surface area contributed by atoms with Crippen molar-refractivity contribution in [3.05, 3.63) is 0 Å². The lowest BCUT2D eigenvalue weighted by Crippen LogP contribution is -2.63. The standard InChI is InChI=1S/C13H28N2/c1-7-13(5,6)15-9-11(4)14-8-12(15)10(2)3/h10-12,14H,7-9H2,1-6H3. The third kappa shape index (κ3) is 2.94. The van der Waals surface area contributed by atoms with Gasteiger partial charge in [-0.25, -0.2) is 0 Å². The molecule has 2 nitrogen and oxygen atoms in total. The Morgan fingerprint density at radius 1 is 1.40 bits per heavy atom. The quantitative estimate of drug-likeness (QED) is 0.773. The maximum atomic E-state index is 3.60. The summed E-state index contributed by atoms with van der Waals surface area (Å²) in [7, 11) is 0. The molecular formula is C13H28N2. The molecule has 1 N–H and O–H groups in total. The lowest BCUT2D eigenvalue weighted by atomic mass is 9.90. The van der Waals surface area contributed by atoms with E-state index in [1.165, 1.54) is 13.0 Å². The van der Waals surface area contributed by atoms with Gasteiger partial charge in [-0.15, -0.1) is 0 Å². The summed E-state index contributed by atoms with van der Waals surface area (Å²) in [6.45, 7) is 16.3. The zero-order chi connectivity index (χ0) is 11.6. The number of piperazine rings is 1. The number of nitrogens with one attached hydrogen (secondary N) is 1. The van der Waals surface area contributed by atoms with Crippen molar-refractivity contribution in [2.75, 3.05) is 13.1 Å². The molecule has 0 saturated carbocycles. The Bertz CT molecular complexity index is 199. The van der Waals surface area contributed by atoms with Gasteiger partial charge in [-0.3, -0.25) is 4.90 Å². The van der Waals surface area contributed by atoms with Gasteiger partial charge in [-0.2, -0.15) is 0 Å². The van der Waals surface area contributed by atoms with Crippen molar-refractivity contribution in [2.45, 2.75) is 65.6 Å². The molecule has 90 valence electrons. The fourth-order valence-electron chi connectivity index (χ4n) is 2.42. The van der Waals surface area contributed by atoms with E-state index in [9.17, 15) is 0 Å². The first-order valence-corrected chi connectivity index (χ1v) is 6.38. The molecule has 1 aliphatic rings. The molecule has 0 radical (unpaired) electrons. The van der Waals surface area contributed by atoms with Crippen LogP contribution in [0.4, 0.5) is 0 Å². The second-order valence-corrected chi connectivity index (χ2v) is 5.94. The molecule has 0 aromatic heterocycles. The van der Waals surface area contributed by atoms with Crippen LogP contribution in [0.2, 0.25) is 0 Å². The first-order chi connectivity index (χ1) is 6.88. The van der Waals surface area contributed by atoms with Crippen LogP contribution in [0.15, 0.2) is 0 Å². The van der Waals surface area contributed by atoms with E-state index < -0.39 is 0 Å². The lowest BCUT2D eigenvalue weighted by Gasteiger charge is -2.50. The minimum absolute atomic E-state index is 0.339. The summed E-state index contributed by atoms with van der Waals surface area (Å²) in [6.07, 6.45) is 1.23. The van der Waals surface area contributed by atoms with Crippen molar-refractivity contribution in [1.82, 2.24) is 10.2 Å². The van der Waals surface area contributed by atoms with Crippen LogP contribution in [0.1, 0.15) is 48.0 Å². The van der Waals surface area contributed by atoms with E-state index in [1.807, 2.05) is 0 Å². The first-order valence-electron chi connectivity index (χ1n) is 6.38. The molecule has 1 aliphatic heterocycles. The topological polar surface area (TPSA) is 15.3 Å². The molecule has 0 spiro atoms. The van der Waals surface area contributed by atoms with E-state index in [-0.39, 0.29) is 0 Å². The van der Waals surface area contributed by atoms with Crippen molar-refractivity contribution in [2.24, 2.45) is 5.92 Å². The van der Waals surface area contributed by atoms with Gasteiger partial charge in [0.2, 0.25) is 0 Å². The second kappa shape index (κ2) is 4.84. The maximum absolute atomic E-state index is 3.60. The van der Waals surface area contributed by atoms with Crippen molar-refractivity contribution in [1.29, 1.82) is 0 Å². The summed E-state index contributed by atoms with van der Waals surface area (Å²) in [5.41, 5.74) is 0.339. The predicted octanol–water partition coefficient (Wildman–Crippen LogP) is 2.49. The highest BCUT2D eigenvalue weighted by atomic mass is 15.3. The summed E-state index contributed by atoms with van der Waals surface area (Å²) in [4.78, 5) is 2.71. The molecule has 2 heteroatoms. The van der Waals surface area contributed by atoms with Crippen LogP contribution in [-0.2, 0) is 0 Å². The summed E-state index contributed by atoms with van der Waals surface area (Å²) >= 11 is 0. The van der Waals surface area contributed by atoms with Crippen LogP contribution in [0.25, 0.3) is 0 Å². The average molecular weight is 212 g/mol. The van der Waals surface area contributed by atoms with Gasteiger partial charge in [0.15, 0.2) is 0 Å². The average Bonchev–Trinajstić information content (AvgIpc) is 2.17. The van der Waals surface area contributed by atoms with Crippen molar-refractivity contribution < 1.29 is 0 Å². The molecule has 1 saturated heterocycles. The van der Waals surface area contributed by atoms with Gasteiger partial charge >= 0.3 is 0 Å². The zero-order valence-electron chi connectivity index (χ0n) is 11.3. The molecule has 2 atom stereocenters. The number of hydrogen-bond donors (Lipinski definition) is 1. The van der Waals surface area contributed by atoms with Crippen LogP contribution < -0.4 is 5.32 Å².